The number of aliphatic hydroxyl groups excluding tert-OH is 1. The molecule has 5 nitrogen and oxygen atoms in total. The van der Waals surface area contributed by atoms with Crippen LogP contribution in [0.5, 0.6) is 0 Å². The first kappa shape index (κ1) is 14.9. The van der Waals surface area contributed by atoms with Crippen LogP contribution < -0.4 is 10.6 Å². The Morgan fingerprint density at radius 2 is 1.62 bits per heavy atom. The molecule has 0 heterocycles. The van der Waals surface area contributed by atoms with E-state index in [4.69, 9.17) is 5.11 Å². The lowest BCUT2D eigenvalue weighted by Crippen LogP contribution is -2.29. The number of amides is 2. The van der Waals surface area contributed by atoms with Gasteiger partial charge in [-0.15, -0.1) is 0 Å². The summed E-state index contributed by atoms with van der Waals surface area (Å²) in [6.45, 7) is 4.75. The summed E-state index contributed by atoms with van der Waals surface area (Å²) in [6, 6.07) is 0. The highest BCUT2D eigenvalue weighted by atomic mass is 16.3. The van der Waals surface area contributed by atoms with E-state index in [1.165, 1.54) is 0 Å². The Morgan fingerprint density at radius 1 is 1.12 bits per heavy atom. The number of aliphatic hydroxyl groups is 1. The van der Waals surface area contributed by atoms with Crippen LogP contribution in [0.1, 0.15) is 39.5 Å². The predicted octanol–water partition coefficient (Wildman–Crippen LogP) is 0.180. The highest BCUT2D eigenvalue weighted by molar-refractivity contribution is 5.83. The van der Waals surface area contributed by atoms with Crippen LogP contribution in [-0.4, -0.2) is 36.1 Å². The molecule has 16 heavy (non-hydrogen) atoms. The molecule has 0 saturated carbocycles. The van der Waals surface area contributed by atoms with Gasteiger partial charge in [-0.1, -0.05) is 6.92 Å². The van der Waals surface area contributed by atoms with Crippen LogP contribution >= 0.6 is 0 Å². The van der Waals surface area contributed by atoms with E-state index in [-0.39, 0.29) is 24.7 Å². The highest BCUT2D eigenvalue weighted by Gasteiger charge is 2.06. The zero-order valence-electron chi connectivity index (χ0n) is 10.1. The molecule has 0 spiro atoms. The lowest BCUT2D eigenvalue weighted by molar-refractivity contribution is -0.126. The van der Waals surface area contributed by atoms with Crippen molar-refractivity contribution < 1.29 is 14.7 Å². The number of nitrogens with one attached hydrogen (secondary N) is 2. The molecule has 1 atom stereocenters. The maximum atomic E-state index is 11.2. The van der Waals surface area contributed by atoms with Crippen molar-refractivity contribution in [2.75, 3.05) is 13.1 Å². The first-order valence-corrected chi connectivity index (χ1v) is 5.77. The molecule has 1 unspecified atom stereocenters. The van der Waals surface area contributed by atoms with Gasteiger partial charge in [0.25, 0.3) is 0 Å². The predicted molar refractivity (Wildman–Crippen MR) is 61.8 cm³/mol. The maximum Gasteiger partial charge on any atom is 0.220 e. The van der Waals surface area contributed by atoms with E-state index in [1.807, 2.05) is 6.92 Å². The van der Waals surface area contributed by atoms with Crippen LogP contribution in [0.25, 0.3) is 0 Å². The van der Waals surface area contributed by atoms with Gasteiger partial charge < -0.3 is 15.7 Å². The zero-order chi connectivity index (χ0) is 12.4. The maximum absolute atomic E-state index is 11.2. The fraction of sp³-hybridized carbons (Fsp3) is 0.818. The second-order valence-corrected chi connectivity index (χ2v) is 3.84. The lowest BCUT2D eigenvalue weighted by atomic mass is 10.2. The summed E-state index contributed by atoms with van der Waals surface area (Å²) in [4.78, 5) is 22.4. The van der Waals surface area contributed by atoms with Crippen molar-refractivity contribution in [1.29, 1.82) is 0 Å². The molecule has 0 fully saturated rings. The number of rotatable bonds is 8. The third-order valence-corrected chi connectivity index (χ3v) is 2.04. The highest BCUT2D eigenvalue weighted by Crippen LogP contribution is 1.91. The fourth-order valence-electron chi connectivity index (χ4n) is 1.09. The van der Waals surface area contributed by atoms with Gasteiger partial charge in [0.2, 0.25) is 11.8 Å². The molecule has 0 aliphatic carbocycles. The summed E-state index contributed by atoms with van der Waals surface area (Å²) >= 11 is 0. The van der Waals surface area contributed by atoms with E-state index in [2.05, 4.69) is 10.6 Å². The van der Waals surface area contributed by atoms with Crippen LogP contribution in [0.4, 0.5) is 0 Å². The van der Waals surface area contributed by atoms with Crippen molar-refractivity contribution in [3.05, 3.63) is 0 Å². The van der Waals surface area contributed by atoms with Gasteiger partial charge in [-0.2, -0.15) is 0 Å². The summed E-state index contributed by atoms with van der Waals surface area (Å²) in [6.07, 6.45) is 1.45. The molecule has 0 saturated heterocycles. The third-order valence-electron chi connectivity index (χ3n) is 2.04. The molecule has 5 heteroatoms. The Labute approximate surface area is 96.6 Å². The fourth-order valence-corrected chi connectivity index (χ4v) is 1.09. The Balaban J connectivity index is 3.46. The summed E-state index contributed by atoms with van der Waals surface area (Å²) in [5, 5.41) is 14.3. The number of hydrogen-bond acceptors (Lipinski definition) is 3. The summed E-state index contributed by atoms with van der Waals surface area (Å²) < 4.78 is 0. The molecular formula is C11H22N2O3. The minimum Gasteiger partial charge on any atom is -0.393 e. The van der Waals surface area contributed by atoms with Gasteiger partial charge in [0.1, 0.15) is 0 Å². The van der Waals surface area contributed by atoms with Crippen molar-refractivity contribution in [2.24, 2.45) is 0 Å². The zero-order valence-corrected chi connectivity index (χ0v) is 10.1. The smallest absolute Gasteiger partial charge is 0.220 e. The monoisotopic (exact) mass is 230 g/mol. The molecule has 2 amide bonds. The van der Waals surface area contributed by atoms with Crippen LogP contribution in [0, 0.1) is 0 Å². The SMILES string of the molecule is CCCNC(=O)CCC(=O)NCCC(C)O. The van der Waals surface area contributed by atoms with Crippen molar-refractivity contribution in [1.82, 2.24) is 10.6 Å². The van der Waals surface area contributed by atoms with E-state index < -0.39 is 6.10 Å². The topological polar surface area (TPSA) is 78.4 Å². The standard InChI is InChI=1S/C11H22N2O3/c1-3-7-12-10(15)4-5-11(16)13-8-6-9(2)14/h9,14H,3-8H2,1-2H3,(H,12,15)(H,13,16). The summed E-state index contributed by atoms with van der Waals surface area (Å²) in [5.41, 5.74) is 0. The van der Waals surface area contributed by atoms with E-state index >= 15 is 0 Å². The molecule has 94 valence electrons. The second-order valence-electron chi connectivity index (χ2n) is 3.84. The third kappa shape index (κ3) is 9.45. The van der Waals surface area contributed by atoms with Crippen LogP contribution in [0.3, 0.4) is 0 Å². The number of carbonyl (C=O) groups excluding carboxylic acids is 2. The summed E-state index contributed by atoms with van der Waals surface area (Å²) in [7, 11) is 0. The Hall–Kier alpha value is -1.10. The minimum absolute atomic E-state index is 0.0903. The molecule has 0 radical (unpaired) electrons. The van der Waals surface area contributed by atoms with Gasteiger partial charge in [0, 0.05) is 25.9 Å². The van der Waals surface area contributed by atoms with E-state index in [0.717, 1.165) is 6.42 Å². The lowest BCUT2D eigenvalue weighted by Gasteiger charge is -2.06. The van der Waals surface area contributed by atoms with E-state index in [9.17, 15) is 9.59 Å². The number of hydrogen-bond donors (Lipinski definition) is 3. The average molecular weight is 230 g/mol. The minimum atomic E-state index is -0.409. The largest absolute Gasteiger partial charge is 0.393 e. The van der Waals surface area contributed by atoms with Crippen molar-refractivity contribution in [3.63, 3.8) is 0 Å². The van der Waals surface area contributed by atoms with Gasteiger partial charge in [-0.3, -0.25) is 9.59 Å². The molecule has 0 aromatic heterocycles. The van der Waals surface area contributed by atoms with Gasteiger partial charge in [0.15, 0.2) is 0 Å². The molecule has 3 N–H and O–H groups in total. The molecule has 0 aliphatic rings. The molecule has 0 aliphatic heterocycles. The van der Waals surface area contributed by atoms with Crippen molar-refractivity contribution in [3.8, 4) is 0 Å². The van der Waals surface area contributed by atoms with Gasteiger partial charge in [-0.25, -0.2) is 0 Å². The van der Waals surface area contributed by atoms with E-state index in [0.29, 0.717) is 19.5 Å². The van der Waals surface area contributed by atoms with Crippen molar-refractivity contribution >= 4 is 11.8 Å². The second kappa shape index (κ2) is 9.15. The Kier molecular flexibility index (Phi) is 8.52. The van der Waals surface area contributed by atoms with E-state index in [1.54, 1.807) is 6.92 Å². The van der Waals surface area contributed by atoms with Crippen LogP contribution in [0.15, 0.2) is 0 Å². The van der Waals surface area contributed by atoms with Gasteiger partial charge >= 0.3 is 0 Å². The van der Waals surface area contributed by atoms with Gasteiger partial charge in [0.05, 0.1) is 6.10 Å². The normalized spacial score (nSPS) is 11.9. The van der Waals surface area contributed by atoms with Crippen molar-refractivity contribution in [2.45, 2.75) is 45.6 Å². The molecule has 0 rings (SSSR count). The Bertz CT molecular complexity index is 217. The first-order chi connectivity index (χ1) is 7.56. The molecule has 0 aromatic carbocycles. The number of carbonyl (C=O) groups is 2. The molecule has 0 aromatic rings. The first-order valence-electron chi connectivity index (χ1n) is 5.77. The average Bonchev–Trinajstić information content (AvgIpc) is 2.23. The van der Waals surface area contributed by atoms with Crippen LogP contribution in [-0.2, 0) is 9.59 Å². The molecular weight excluding hydrogens is 208 g/mol. The Morgan fingerprint density at radius 3 is 2.06 bits per heavy atom. The molecule has 0 bridgehead atoms. The summed E-state index contributed by atoms with van der Waals surface area (Å²) in [5.74, 6) is -0.236. The van der Waals surface area contributed by atoms with Crippen LogP contribution in [0.2, 0.25) is 0 Å². The quantitative estimate of drug-likeness (QED) is 0.556. The van der Waals surface area contributed by atoms with Gasteiger partial charge in [-0.05, 0) is 19.8 Å².